The number of hydrogen-bond acceptors (Lipinski definition) is 15. The van der Waals surface area contributed by atoms with Crippen molar-refractivity contribution in [3.63, 3.8) is 0 Å². The first-order valence-electron chi connectivity index (χ1n) is 34.3. The van der Waals surface area contributed by atoms with Crippen molar-refractivity contribution >= 4 is 39.5 Å². The molecular formula is C66H128O17P2. The third-order valence-corrected chi connectivity index (χ3v) is 18.1. The van der Waals surface area contributed by atoms with Gasteiger partial charge in [-0.15, -0.1) is 0 Å². The van der Waals surface area contributed by atoms with Crippen molar-refractivity contribution < 1.29 is 80.2 Å². The molecule has 0 aliphatic carbocycles. The molecule has 3 N–H and O–H groups in total. The van der Waals surface area contributed by atoms with Crippen molar-refractivity contribution in [3.05, 3.63) is 0 Å². The predicted molar refractivity (Wildman–Crippen MR) is 340 cm³/mol. The summed E-state index contributed by atoms with van der Waals surface area (Å²) in [5.41, 5.74) is 0. The Morgan fingerprint density at radius 2 is 0.565 bits per heavy atom. The number of hydrogen-bond donors (Lipinski definition) is 3. The first-order chi connectivity index (χ1) is 40.7. The Labute approximate surface area is 517 Å². The Kier molecular flexibility index (Phi) is 54.8. The number of rotatable bonds is 63. The standard InChI is InChI=1S/C66H128O17P2/c1-9-57(6)43-35-27-19-14-12-13-15-21-32-40-48-65(70)82-61(52-76-63(68)46-38-30-20-17-16-18-26-34-42-56(4)5)54-80-84(72,73)78-50-60(67)51-79-85(74,75)81-55-62(83-66(71)49-41-33-25-23-29-37-45-59(8)11-3)53-77-64(69)47-39-31-24-22-28-36-44-58(7)10-2/h56-62,67H,9-55H2,1-8H3,(H,72,73)(H,74,75)/t57?,58?,59?,60?,61-,62-/m1/s1. The van der Waals surface area contributed by atoms with Crippen LogP contribution in [0.25, 0.3) is 0 Å². The van der Waals surface area contributed by atoms with E-state index in [1.165, 1.54) is 116 Å². The van der Waals surface area contributed by atoms with Crippen LogP contribution in [0.4, 0.5) is 0 Å². The highest BCUT2D eigenvalue weighted by Crippen LogP contribution is 2.45. The van der Waals surface area contributed by atoms with Gasteiger partial charge in [0.25, 0.3) is 0 Å². The van der Waals surface area contributed by atoms with E-state index < -0.39 is 97.5 Å². The maximum absolute atomic E-state index is 13.0. The molecule has 8 atom stereocenters. The van der Waals surface area contributed by atoms with Gasteiger partial charge in [0.05, 0.1) is 26.4 Å². The normalized spacial score (nSPS) is 15.3. The van der Waals surface area contributed by atoms with Crippen LogP contribution in [0.3, 0.4) is 0 Å². The number of phosphoric acid groups is 2. The SMILES string of the molecule is CCC(C)CCCCCCCCCCCCC(=O)O[C@H](COC(=O)CCCCCCCCCCC(C)C)COP(=O)(O)OCC(O)COP(=O)(O)OC[C@@H](COC(=O)CCCCCCCCC(C)CC)OC(=O)CCCCCCCCC(C)CC. The second kappa shape index (κ2) is 56.1. The van der Waals surface area contributed by atoms with Crippen LogP contribution in [-0.4, -0.2) is 96.7 Å². The molecule has 85 heavy (non-hydrogen) atoms. The van der Waals surface area contributed by atoms with Crippen molar-refractivity contribution in [3.8, 4) is 0 Å². The second-order valence-corrected chi connectivity index (χ2v) is 28.0. The van der Waals surface area contributed by atoms with E-state index in [1.807, 2.05) is 0 Å². The number of esters is 4. The molecule has 17 nitrogen and oxygen atoms in total. The summed E-state index contributed by atoms with van der Waals surface area (Å²) in [6.45, 7) is 14.0. The summed E-state index contributed by atoms with van der Waals surface area (Å²) < 4.78 is 68.1. The second-order valence-electron chi connectivity index (χ2n) is 25.1. The molecule has 0 fully saturated rings. The lowest BCUT2D eigenvalue weighted by Crippen LogP contribution is -2.30. The minimum Gasteiger partial charge on any atom is -0.462 e. The van der Waals surface area contributed by atoms with Crippen LogP contribution < -0.4 is 0 Å². The van der Waals surface area contributed by atoms with Crippen molar-refractivity contribution in [1.29, 1.82) is 0 Å². The molecule has 0 aromatic rings. The van der Waals surface area contributed by atoms with Gasteiger partial charge >= 0.3 is 39.5 Å². The average Bonchev–Trinajstić information content (AvgIpc) is 3.49. The molecule has 0 bridgehead atoms. The Hall–Kier alpha value is -1.94. The first-order valence-corrected chi connectivity index (χ1v) is 37.3. The van der Waals surface area contributed by atoms with Crippen molar-refractivity contribution in [1.82, 2.24) is 0 Å². The molecule has 6 unspecified atom stereocenters. The van der Waals surface area contributed by atoms with Crippen LogP contribution in [0.15, 0.2) is 0 Å². The van der Waals surface area contributed by atoms with E-state index in [2.05, 4.69) is 55.4 Å². The molecule has 0 aliphatic heterocycles. The fourth-order valence-corrected chi connectivity index (χ4v) is 11.3. The van der Waals surface area contributed by atoms with Crippen LogP contribution in [-0.2, 0) is 65.4 Å². The molecule has 0 aromatic heterocycles. The Morgan fingerprint density at radius 3 is 0.835 bits per heavy atom. The van der Waals surface area contributed by atoms with Crippen LogP contribution in [0.2, 0.25) is 0 Å². The van der Waals surface area contributed by atoms with E-state index in [0.717, 1.165) is 120 Å². The molecule has 504 valence electrons. The molecule has 0 aromatic carbocycles. The van der Waals surface area contributed by atoms with Gasteiger partial charge in [0.2, 0.25) is 0 Å². The van der Waals surface area contributed by atoms with Crippen molar-refractivity contribution in [2.24, 2.45) is 23.7 Å². The Bertz CT molecular complexity index is 1700. The van der Waals surface area contributed by atoms with Gasteiger partial charge in [-0.2, -0.15) is 0 Å². The Balaban J connectivity index is 5.27. The zero-order valence-corrected chi connectivity index (χ0v) is 57.0. The van der Waals surface area contributed by atoms with Crippen LogP contribution in [0.5, 0.6) is 0 Å². The van der Waals surface area contributed by atoms with Crippen molar-refractivity contribution in [2.45, 2.75) is 337 Å². The molecule has 0 saturated heterocycles. The van der Waals surface area contributed by atoms with E-state index in [-0.39, 0.29) is 25.7 Å². The number of aliphatic hydroxyl groups excluding tert-OH is 1. The molecule has 0 spiro atoms. The maximum atomic E-state index is 13.0. The van der Waals surface area contributed by atoms with Gasteiger partial charge in [-0.1, -0.05) is 267 Å². The average molecular weight is 1260 g/mol. The number of phosphoric ester groups is 2. The summed E-state index contributed by atoms with van der Waals surface area (Å²) in [5.74, 6) is 0.841. The highest BCUT2D eigenvalue weighted by Gasteiger charge is 2.30. The topological polar surface area (TPSA) is 237 Å². The number of aliphatic hydroxyl groups is 1. The molecular weight excluding hydrogens is 1130 g/mol. The lowest BCUT2D eigenvalue weighted by Gasteiger charge is -2.21. The zero-order chi connectivity index (χ0) is 63.2. The van der Waals surface area contributed by atoms with Crippen molar-refractivity contribution in [2.75, 3.05) is 39.6 Å². The maximum Gasteiger partial charge on any atom is 0.472 e. The molecule has 0 radical (unpaired) electrons. The number of ether oxygens (including phenoxy) is 4. The van der Waals surface area contributed by atoms with E-state index in [1.54, 1.807) is 0 Å². The predicted octanol–water partition coefficient (Wildman–Crippen LogP) is 18.1. The minimum atomic E-state index is -4.95. The third kappa shape index (κ3) is 57.0. The van der Waals surface area contributed by atoms with Gasteiger partial charge in [0.1, 0.15) is 19.3 Å². The van der Waals surface area contributed by atoms with Crippen LogP contribution in [0.1, 0.15) is 319 Å². The first kappa shape index (κ1) is 83.1. The molecule has 0 amide bonds. The smallest absolute Gasteiger partial charge is 0.462 e. The lowest BCUT2D eigenvalue weighted by molar-refractivity contribution is -0.161. The molecule has 19 heteroatoms. The minimum absolute atomic E-state index is 0.101. The van der Waals surface area contributed by atoms with E-state index >= 15 is 0 Å². The summed E-state index contributed by atoms with van der Waals surface area (Å²) in [4.78, 5) is 72.3. The molecule has 0 saturated carbocycles. The van der Waals surface area contributed by atoms with Gasteiger partial charge in [-0.3, -0.25) is 37.3 Å². The molecule has 0 heterocycles. The number of unbranched alkanes of at least 4 members (excludes halogenated alkanes) is 26. The summed E-state index contributed by atoms with van der Waals surface area (Å²) in [7, 11) is -9.89. The highest BCUT2D eigenvalue weighted by atomic mass is 31.2. The van der Waals surface area contributed by atoms with E-state index in [9.17, 15) is 43.2 Å². The van der Waals surface area contributed by atoms with E-state index in [0.29, 0.717) is 25.7 Å². The van der Waals surface area contributed by atoms with Gasteiger partial charge in [0.15, 0.2) is 12.2 Å². The number of carbonyl (C=O) groups is 4. The monoisotopic (exact) mass is 1250 g/mol. The fourth-order valence-electron chi connectivity index (χ4n) is 9.69. The van der Waals surface area contributed by atoms with Gasteiger partial charge in [-0.25, -0.2) is 9.13 Å². The summed E-state index contributed by atoms with van der Waals surface area (Å²) in [6.07, 6.45) is 36.2. The lowest BCUT2D eigenvalue weighted by atomic mass is 9.99. The fraction of sp³-hybridized carbons (Fsp3) is 0.939. The summed E-state index contributed by atoms with van der Waals surface area (Å²) in [5, 5.41) is 10.6. The van der Waals surface area contributed by atoms with Gasteiger partial charge in [-0.05, 0) is 49.4 Å². The van der Waals surface area contributed by atoms with Gasteiger partial charge < -0.3 is 33.8 Å². The molecule has 0 aliphatic rings. The van der Waals surface area contributed by atoms with Crippen LogP contribution in [0, 0.1) is 23.7 Å². The summed E-state index contributed by atoms with van der Waals surface area (Å²) >= 11 is 0. The quantitative estimate of drug-likeness (QED) is 0.0222. The largest absolute Gasteiger partial charge is 0.472 e. The molecule has 0 rings (SSSR count). The third-order valence-electron chi connectivity index (χ3n) is 16.2. The van der Waals surface area contributed by atoms with Crippen LogP contribution >= 0.6 is 15.6 Å². The number of carbonyl (C=O) groups excluding carboxylic acids is 4. The highest BCUT2D eigenvalue weighted by molar-refractivity contribution is 7.47. The van der Waals surface area contributed by atoms with E-state index in [4.69, 9.17) is 37.0 Å². The summed E-state index contributed by atoms with van der Waals surface area (Å²) in [6, 6.07) is 0. The Morgan fingerprint density at radius 1 is 0.329 bits per heavy atom. The van der Waals surface area contributed by atoms with Gasteiger partial charge in [0, 0.05) is 25.7 Å². The zero-order valence-electron chi connectivity index (χ0n) is 55.2.